The van der Waals surface area contributed by atoms with Gasteiger partial charge in [0.1, 0.15) is 0 Å². The number of rotatable bonds is 2. The zero-order valence-corrected chi connectivity index (χ0v) is 20.5. The second-order valence-electron chi connectivity index (χ2n) is 12.7. The third-order valence-electron chi connectivity index (χ3n) is 11.1. The maximum atomic E-state index is 5.17. The Bertz CT molecular complexity index is 937. The molecule has 0 spiro atoms. The highest BCUT2D eigenvalue weighted by Crippen LogP contribution is 2.54. The number of nitrogens with zero attached hydrogens (tertiary/aromatic N) is 1. The fourth-order valence-electron chi connectivity index (χ4n) is 9.19. The van der Waals surface area contributed by atoms with Gasteiger partial charge in [0.05, 0.1) is 6.04 Å². The van der Waals surface area contributed by atoms with Crippen molar-refractivity contribution in [3.8, 4) is 0 Å². The van der Waals surface area contributed by atoms with Crippen molar-refractivity contribution >= 4 is 6.21 Å². The van der Waals surface area contributed by atoms with Crippen molar-refractivity contribution in [3.05, 3.63) is 47.6 Å². The lowest BCUT2D eigenvalue weighted by Gasteiger charge is -2.44. The maximum absolute atomic E-state index is 5.17. The Morgan fingerprint density at radius 1 is 0.970 bits per heavy atom. The molecule has 8 unspecified atom stereocenters. The van der Waals surface area contributed by atoms with Gasteiger partial charge in [-0.2, -0.15) is 0 Å². The van der Waals surface area contributed by atoms with Gasteiger partial charge in [0.25, 0.3) is 0 Å². The first-order valence-corrected chi connectivity index (χ1v) is 14.2. The molecule has 1 saturated heterocycles. The molecule has 0 aromatic heterocycles. The first kappa shape index (κ1) is 20.9. The van der Waals surface area contributed by atoms with Gasteiger partial charge in [-0.1, -0.05) is 56.2 Å². The van der Waals surface area contributed by atoms with Gasteiger partial charge in [-0.25, -0.2) is 0 Å². The highest BCUT2D eigenvalue weighted by molar-refractivity contribution is 5.76. The maximum Gasteiger partial charge on any atom is 0.0717 e. The van der Waals surface area contributed by atoms with Crippen LogP contribution < -0.4 is 5.32 Å². The van der Waals surface area contributed by atoms with Crippen LogP contribution in [0.25, 0.3) is 0 Å². The third kappa shape index (κ3) is 3.41. The van der Waals surface area contributed by atoms with Gasteiger partial charge < -0.3 is 5.32 Å². The Morgan fingerprint density at radius 3 is 2.88 bits per heavy atom. The summed E-state index contributed by atoms with van der Waals surface area (Å²) < 4.78 is 0. The Balaban J connectivity index is 1.11. The topological polar surface area (TPSA) is 24.4 Å². The van der Waals surface area contributed by atoms with Gasteiger partial charge >= 0.3 is 0 Å². The smallest absolute Gasteiger partial charge is 0.0717 e. The van der Waals surface area contributed by atoms with E-state index in [0.717, 1.165) is 41.4 Å². The summed E-state index contributed by atoms with van der Waals surface area (Å²) in [5, 5.41) is 3.93. The molecule has 0 radical (unpaired) electrons. The van der Waals surface area contributed by atoms with Crippen LogP contribution in [0.5, 0.6) is 0 Å². The molecule has 2 aliphatic heterocycles. The molecule has 5 aliphatic carbocycles. The lowest BCUT2D eigenvalue weighted by molar-refractivity contribution is 0.184. The van der Waals surface area contributed by atoms with E-state index < -0.39 is 0 Å². The van der Waals surface area contributed by atoms with Crippen molar-refractivity contribution in [1.29, 1.82) is 0 Å². The zero-order chi connectivity index (χ0) is 22.0. The molecular formula is C31H42N2. The van der Waals surface area contributed by atoms with Crippen LogP contribution >= 0.6 is 0 Å². The highest BCUT2D eigenvalue weighted by atomic mass is 15.0. The number of hydrogen-bond donors (Lipinski definition) is 1. The minimum Gasteiger partial charge on any atom is -0.310 e. The second kappa shape index (κ2) is 8.08. The quantitative estimate of drug-likeness (QED) is 0.475. The highest BCUT2D eigenvalue weighted by Gasteiger charge is 2.49. The third-order valence-corrected chi connectivity index (χ3v) is 11.1. The molecule has 0 aromatic carbocycles. The number of aliphatic imine (C=N–C) groups is 1. The predicted octanol–water partition coefficient (Wildman–Crippen LogP) is 6.67. The Morgan fingerprint density at radius 2 is 1.91 bits per heavy atom. The number of nitrogens with one attached hydrogen (secondary N) is 1. The van der Waals surface area contributed by atoms with E-state index in [1.807, 2.05) is 0 Å². The molecule has 2 fully saturated rings. The lowest BCUT2D eigenvalue weighted by Crippen LogP contribution is -2.39. The van der Waals surface area contributed by atoms with E-state index in [1.165, 1.54) is 70.8 Å². The lowest BCUT2D eigenvalue weighted by atomic mass is 9.59. The van der Waals surface area contributed by atoms with Crippen LogP contribution in [-0.4, -0.2) is 24.8 Å². The van der Waals surface area contributed by atoms with Crippen LogP contribution in [0, 0.1) is 46.8 Å². The van der Waals surface area contributed by atoms with Crippen LogP contribution in [0.2, 0.25) is 0 Å². The molecule has 2 nitrogen and oxygen atoms in total. The second-order valence-corrected chi connectivity index (χ2v) is 12.7. The van der Waals surface area contributed by atoms with Gasteiger partial charge in [-0.15, -0.1) is 0 Å². The Labute approximate surface area is 200 Å². The molecular weight excluding hydrogens is 400 g/mol. The SMILES string of the molecule is C[C@@]1(C2CC=CC(C3CNC4C=C5C=CCC[C@@H]5CC43)C2)C=NC2CC3CCCCC3C=C21. The van der Waals surface area contributed by atoms with Crippen LogP contribution in [0.4, 0.5) is 0 Å². The van der Waals surface area contributed by atoms with Crippen LogP contribution in [-0.2, 0) is 0 Å². The minimum atomic E-state index is 0.190. The first-order chi connectivity index (χ1) is 16.2. The first-order valence-electron chi connectivity index (χ1n) is 14.2. The van der Waals surface area contributed by atoms with E-state index in [4.69, 9.17) is 4.99 Å². The summed E-state index contributed by atoms with van der Waals surface area (Å²) in [6, 6.07) is 1.10. The summed E-state index contributed by atoms with van der Waals surface area (Å²) in [6.45, 7) is 3.75. The van der Waals surface area contributed by atoms with Crippen molar-refractivity contribution in [1.82, 2.24) is 5.32 Å². The largest absolute Gasteiger partial charge is 0.310 e. The molecule has 33 heavy (non-hydrogen) atoms. The number of allylic oxidation sites excluding steroid dienone is 6. The molecule has 2 heterocycles. The average molecular weight is 443 g/mol. The van der Waals surface area contributed by atoms with Crippen molar-refractivity contribution in [2.45, 2.75) is 83.2 Å². The van der Waals surface area contributed by atoms with E-state index in [1.54, 1.807) is 11.1 Å². The summed E-state index contributed by atoms with van der Waals surface area (Å²) in [5.74, 6) is 5.65. The normalized spacial score (nSPS) is 50.2. The fourth-order valence-corrected chi connectivity index (χ4v) is 9.19. The van der Waals surface area contributed by atoms with E-state index in [2.05, 4.69) is 54.9 Å². The summed E-state index contributed by atoms with van der Waals surface area (Å²) in [4.78, 5) is 5.17. The molecule has 7 rings (SSSR count). The molecule has 7 aliphatic rings. The molecule has 1 N–H and O–H groups in total. The molecule has 0 aromatic rings. The van der Waals surface area contributed by atoms with Crippen molar-refractivity contribution in [3.63, 3.8) is 0 Å². The van der Waals surface area contributed by atoms with Gasteiger partial charge in [-0.05, 0) is 110 Å². The summed E-state index contributed by atoms with van der Waals surface area (Å²) in [5.41, 5.74) is 3.53. The molecule has 0 bridgehead atoms. The van der Waals surface area contributed by atoms with Crippen LogP contribution in [0.3, 0.4) is 0 Å². The molecule has 0 amide bonds. The standard InChI is InChI=1S/C31H42N2/c1-31(19-33-30-17-23-10-5-3-8-21(23)15-28(30)31)25-12-6-11-24(13-25)27-18-32-29-16-22-9-4-2-7-20(22)14-26(27)29/h4,6,9,11,15-16,19-21,23-27,29-30,32H,2-3,5,7-8,10,12-14,17-18H2,1H3/t20-,21?,23?,24?,25?,26?,27?,29?,30?,31+/m1/s1. The summed E-state index contributed by atoms with van der Waals surface area (Å²) in [6.07, 6.45) is 31.5. The van der Waals surface area contributed by atoms with Gasteiger partial charge in [-0.3, -0.25) is 4.99 Å². The van der Waals surface area contributed by atoms with Crippen molar-refractivity contribution in [2.75, 3.05) is 6.54 Å². The predicted molar refractivity (Wildman–Crippen MR) is 137 cm³/mol. The summed E-state index contributed by atoms with van der Waals surface area (Å²) in [7, 11) is 0. The minimum absolute atomic E-state index is 0.190. The van der Waals surface area contributed by atoms with E-state index in [9.17, 15) is 0 Å². The van der Waals surface area contributed by atoms with Gasteiger partial charge in [0, 0.05) is 17.7 Å². The Hall–Kier alpha value is -1.41. The van der Waals surface area contributed by atoms with Gasteiger partial charge in [0.2, 0.25) is 0 Å². The van der Waals surface area contributed by atoms with Crippen molar-refractivity contribution < 1.29 is 0 Å². The van der Waals surface area contributed by atoms with E-state index in [-0.39, 0.29) is 5.41 Å². The number of hydrogen-bond acceptors (Lipinski definition) is 2. The fraction of sp³-hybridized carbons (Fsp3) is 0.710. The Kier molecular flexibility index (Phi) is 5.12. The van der Waals surface area contributed by atoms with Crippen LogP contribution in [0.15, 0.2) is 52.6 Å². The monoisotopic (exact) mass is 442 g/mol. The van der Waals surface area contributed by atoms with Crippen molar-refractivity contribution in [2.24, 2.45) is 51.8 Å². The summed E-state index contributed by atoms with van der Waals surface area (Å²) >= 11 is 0. The number of fused-ring (bicyclic) bond motifs is 4. The molecule has 1 saturated carbocycles. The van der Waals surface area contributed by atoms with E-state index in [0.29, 0.717) is 12.1 Å². The van der Waals surface area contributed by atoms with Crippen LogP contribution in [0.1, 0.15) is 71.1 Å². The average Bonchev–Trinajstić information content (AvgIpc) is 3.42. The molecule has 2 heteroatoms. The zero-order valence-electron chi connectivity index (χ0n) is 20.5. The van der Waals surface area contributed by atoms with E-state index >= 15 is 0 Å². The molecule has 176 valence electrons. The van der Waals surface area contributed by atoms with Gasteiger partial charge in [0.15, 0.2) is 0 Å². The molecule has 10 atom stereocenters.